The third kappa shape index (κ3) is 4.36. The molecule has 3 heterocycles. The molecule has 1 amide bonds. The average Bonchev–Trinajstić information content (AvgIpc) is 3.12. The van der Waals surface area contributed by atoms with Gasteiger partial charge in [0.15, 0.2) is 0 Å². The fraction of sp³-hybridized carbons (Fsp3) is 0.423. The Morgan fingerprint density at radius 2 is 1.94 bits per heavy atom. The molecule has 1 aromatic carbocycles. The molecule has 6 nitrogen and oxygen atoms in total. The van der Waals surface area contributed by atoms with Gasteiger partial charge in [0.2, 0.25) is 5.91 Å². The Labute approximate surface area is 192 Å². The lowest BCUT2D eigenvalue weighted by atomic mass is 9.80. The molecule has 1 aliphatic carbocycles. The molecule has 5 rings (SSSR count). The molecule has 7 heteroatoms. The van der Waals surface area contributed by atoms with Crippen LogP contribution >= 0.6 is 0 Å². The number of fused-ring (bicyclic) bond motifs is 3. The van der Waals surface area contributed by atoms with Gasteiger partial charge in [0.25, 0.3) is 0 Å². The molecule has 0 bridgehead atoms. The van der Waals surface area contributed by atoms with Crippen molar-refractivity contribution in [3.63, 3.8) is 0 Å². The highest BCUT2D eigenvalue weighted by molar-refractivity contribution is 5.84. The van der Waals surface area contributed by atoms with Gasteiger partial charge in [0.05, 0.1) is 6.54 Å². The van der Waals surface area contributed by atoms with Crippen LogP contribution in [0, 0.1) is 17.7 Å². The largest absolute Gasteiger partial charge is 0.481 e. The van der Waals surface area contributed by atoms with Crippen LogP contribution in [0.3, 0.4) is 0 Å². The molecule has 0 radical (unpaired) electrons. The van der Waals surface area contributed by atoms with Crippen molar-refractivity contribution in [2.75, 3.05) is 6.54 Å². The summed E-state index contributed by atoms with van der Waals surface area (Å²) in [6.07, 6.45) is 5.85. The topological polar surface area (TPSA) is 75.4 Å². The summed E-state index contributed by atoms with van der Waals surface area (Å²) in [5, 5.41) is 10.1. The molecule has 0 saturated heterocycles. The summed E-state index contributed by atoms with van der Waals surface area (Å²) >= 11 is 0. The second kappa shape index (κ2) is 8.96. The second-order valence-electron chi connectivity index (χ2n) is 9.34. The Hall–Kier alpha value is -3.22. The second-order valence-corrected chi connectivity index (χ2v) is 9.34. The molecule has 2 aliphatic rings. The first kappa shape index (κ1) is 21.6. The quantitative estimate of drug-likeness (QED) is 0.627. The smallest absolute Gasteiger partial charge is 0.303 e. The minimum absolute atomic E-state index is 0.0317. The van der Waals surface area contributed by atoms with Crippen molar-refractivity contribution in [3.8, 4) is 0 Å². The van der Waals surface area contributed by atoms with Gasteiger partial charge in [-0.1, -0.05) is 12.1 Å². The van der Waals surface area contributed by atoms with Gasteiger partial charge in [0.1, 0.15) is 11.5 Å². The molecular weight excluding hydrogens is 421 g/mol. The molecule has 3 aromatic rings. The van der Waals surface area contributed by atoms with Crippen LogP contribution in [-0.2, 0) is 29.1 Å². The Balaban J connectivity index is 1.38. The lowest BCUT2D eigenvalue weighted by molar-refractivity contribution is -0.139. The third-order valence-corrected chi connectivity index (χ3v) is 7.21. The number of hydrogen-bond donors (Lipinski definition) is 1. The molecular formula is C26H28FN3O3. The van der Waals surface area contributed by atoms with E-state index in [4.69, 9.17) is 5.11 Å². The average molecular weight is 450 g/mol. The maximum atomic E-state index is 13.8. The van der Waals surface area contributed by atoms with Crippen molar-refractivity contribution < 1.29 is 19.1 Å². The van der Waals surface area contributed by atoms with Gasteiger partial charge in [-0.05, 0) is 73.4 Å². The van der Waals surface area contributed by atoms with Crippen molar-refractivity contribution in [3.05, 3.63) is 65.2 Å². The van der Waals surface area contributed by atoms with Crippen LogP contribution in [0.4, 0.5) is 4.39 Å². The van der Waals surface area contributed by atoms with Crippen LogP contribution < -0.4 is 0 Å². The SMILES string of the molecule is O=C(O)C[C@H]1CC[C@@H](C(=O)N2CCc3c(n(Cc4cccc(F)c4)c4ncccc34)C2)CC1. The van der Waals surface area contributed by atoms with E-state index in [0.717, 1.165) is 54.4 Å². The predicted octanol–water partition coefficient (Wildman–Crippen LogP) is 4.39. The van der Waals surface area contributed by atoms with E-state index in [1.807, 2.05) is 17.0 Å². The maximum absolute atomic E-state index is 13.8. The number of aromatic nitrogens is 2. The molecule has 1 N–H and O–H groups in total. The molecule has 1 aliphatic heterocycles. The van der Waals surface area contributed by atoms with Crippen LogP contribution in [0.25, 0.3) is 11.0 Å². The highest BCUT2D eigenvalue weighted by atomic mass is 19.1. The van der Waals surface area contributed by atoms with Gasteiger partial charge in [-0.25, -0.2) is 9.37 Å². The number of amides is 1. The van der Waals surface area contributed by atoms with Crippen LogP contribution in [0.1, 0.15) is 48.9 Å². The number of pyridine rings is 1. The van der Waals surface area contributed by atoms with E-state index in [1.165, 1.54) is 11.6 Å². The van der Waals surface area contributed by atoms with E-state index in [2.05, 4.69) is 15.6 Å². The van der Waals surface area contributed by atoms with E-state index in [0.29, 0.717) is 19.6 Å². The van der Waals surface area contributed by atoms with Crippen LogP contribution in [0.2, 0.25) is 0 Å². The number of benzene rings is 1. The van der Waals surface area contributed by atoms with Crippen molar-refractivity contribution in [1.29, 1.82) is 0 Å². The standard InChI is InChI=1S/C26H28FN3O3/c27-20-4-1-3-18(13-20)15-30-23-16-29(12-10-21(23)22-5-2-11-28-25(22)30)26(33)19-8-6-17(7-9-19)14-24(31)32/h1-5,11,13,17,19H,6-10,12,14-16H2,(H,31,32)/t17-,19+. The Morgan fingerprint density at radius 3 is 2.70 bits per heavy atom. The van der Waals surface area contributed by atoms with E-state index < -0.39 is 5.97 Å². The third-order valence-electron chi connectivity index (χ3n) is 7.21. The Bertz CT molecular complexity index is 1200. The summed E-state index contributed by atoms with van der Waals surface area (Å²) in [5.74, 6) is -0.700. The van der Waals surface area contributed by atoms with E-state index in [-0.39, 0.29) is 30.0 Å². The van der Waals surface area contributed by atoms with E-state index in [1.54, 1.807) is 18.3 Å². The number of hydrogen-bond acceptors (Lipinski definition) is 3. The number of carbonyl (C=O) groups is 2. The van der Waals surface area contributed by atoms with Crippen molar-refractivity contribution in [2.45, 2.75) is 51.6 Å². The lowest BCUT2D eigenvalue weighted by Gasteiger charge is -2.34. The first-order valence-electron chi connectivity index (χ1n) is 11.7. The summed E-state index contributed by atoms with van der Waals surface area (Å²) in [5.41, 5.74) is 4.03. The minimum Gasteiger partial charge on any atom is -0.481 e. The monoisotopic (exact) mass is 449 g/mol. The lowest BCUT2D eigenvalue weighted by Crippen LogP contribution is -2.41. The summed E-state index contributed by atoms with van der Waals surface area (Å²) in [6, 6.07) is 10.6. The fourth-order valence-corrected chi connectivity index (χ4v) is 5.56. The Kier molecular flexibility index (Phi) is 5.87. The highest BCUT2D eigenvalue weighted by Gasteiger charge is 2.33. The summed E-state index contributed by atoms with van der Waals surface area (Å²) < 4.78 is 15.9. The highest BCUT2D eigenvalue weighted by Crippen LogP contribution is 2.35. The van der Waals surface area contributed by atoms with Crippen molar-refractivity contribution >= 4 is 22.9 Å². The number of nitrogens with zero attached hydrogens (tertiary/aromatic N) is 3. The van der Waals surface area contributed by atoms with Gasteiger partial charge in [-0.15, -0.1) is 0 Å². The maximum Gasteiger partial charge on any atom is 0.303 e. The zero-order chi connectivity index (χ0) is 22.9. The zero-order valence-corrected chi connectivity index (χ0v) is 18.5. The molecule has 172 valence electrons. The molecule has 0 spiro atoms. The number of aliphatic carboxylic acids is 1. The molecule has 0 atom stereocenters. The molecule has 1 saturated carbocycles. The van der Waals surface area contributed by atoms with Gasteiger partial charge in [0, 0.05) is 42.7 Å². The first-order chi connectivity index (χ1) is 16.0. The predicted molar refractivity (Wildman–Crippen MR) is 122 cm³/mol. The van der Waals surface area contributed by atoms with Crippen molar-refractivity contribution in [2.24, 2.45) is 11.8 Å². The Morgan fingerprint density at radius 1 is 1.12 bits per heavy atom. The van der Waals surface area contributed by atoms with E-state index >= 15 is 0 Å². The van der Waals surface area contributed by atoms with E-state index in [9.17, 15) is 14.0 Å². The molecule has 1 fully saturated rings. The number of carbonyl (C=O) groups excluding carboxylic acids is 1. The van der Waals surface area contributed by atoms with Gasteiger partial charge < -0.3 is 14.6 Å². The summed E-state index contributed by atoms with van der Waals surface area (Å²) in [7, 11) is 0. The summed E-state index contributed by atoms with van der Waals surface area (Å²) in [6.45, 7) is 1.70. The van der Waals surface area contributed by atoms with Gasteiger partial charge in [-0.3, -0.25) is 9.59 Å². The molecule has 0 unspecified atom stereocenters. The van der Waals surface area contributed by atoms with Crippen LogP contribution in [0.5, 0.6) is 0 Å². The first-order valence-corrected chi connectivity index (χ1v) is 11.7. The number of halogens is 1. The fourth-order valence-electron chi connectivity index (χ4n) is 5.56. The van der Waals surface area contributed by atoms with Gasteiger partial charge >= 0.3 is 5.97 Å². The van der Waals surface area contributed by atoms with Crippen molar-refractivity contribution in [1.82, 2.24) is 14.5 Å². The molecule has 33 heavy (non-hydrogen) atoms. The molecule has 2 aromatic heterocycles. The van der Waals surface area contributed by atoms with Gasteiger partial charge in [-0.2, -0.15) is 0 Å². The van der Waals surface area contributed by atoms with Crippen LogP contribution in [0.15, 0.2) is 42.6 Å². The number of carboxylic acid groups (broad SMARTS) is 1. The number of rotatable bonds is 5. The van der Waals surface area contributed by atoms with Crippen LogP contribution in [-0.4, -0.2) is 38.0 Å². The minimum atomic E-state index is -0.756. The zero-order valence-electron chi connectivity index (χ0n) is 18.5. The normalized spacial score (nSPS) is 20.6. The summed E-state index contributed by atoms with van der Waals surface area (Å²) in [4.78, 5) is 30.9. The number of carboxylic acids is 1.